The number of carboxylic acids is 2. The number of halogens is 1. The number of ketones is 1. The van der Waals surface area contributed by atoms with E-state index < -0.39 is 28.5 Å². The zero-order valence-electron chi connectivity index (χ0n) is 9.20. The maximum absolute atomic E-state index is 11.8. The lowest BCUT2D eigenvalue weighted by atomic mass is 9.78. The first-order valence-corrected chi connectivity index (χ1v) is 5.43. The van der Waals surface area contributed by atoms with Crippen LogP contribution in [0.15, 0.2) is 0 Å². The number of rotatable bonds is 7. The van der Waals surface area contributed by atoms with Crippen molar-refractivity contribution >= 4 is 29.3 Å². The van der Waals surface area contributed by atoms with Gasteiger partial charge in [-0.25, -0.2) is 0 Å². The molecule has 0 saturated carbocycles. The van der Waals surface area contributed by atoms with Crippen LogP contribution in [0.2, 0.25) is 0 Å². The monoisotopic (exact) mass is 250 g/mol. The largest absolute Gasteiger partial charge is 0.480 e. The van der Waals surface area contributed by atoms with Gasteiger partial charge in [-0.1, -0.05) is 20.3 Å². The summed E-state index contributed by atoms with van der Waals surface area (Å²) < 4.78 is 0. The van der Waals surface area contributed by atoms with E-state index in [0.717, 1.165) is 0 Å². The van der Waals surface area contributed by atoms with Crippen molar-refractivity contribution in [3.63, 3.8) is 0 Å². The van der Waals surface area contributed by atoms with Gasteiger partial charge in [0, 0.05) is 0 Å². The summed E-state index contributed by atoms with van der Waals surface area (Å²) >= 11 is 5.71. The third-order valence-electron chi connectivity index (χ3n) is 2.51. The van der Waals surface area contributed by atoms with Gasteiger partial charge < -0.3 is 10.2 Å². The second-order valence-electron chi connectivity index (χ2n) is 3.49. The molecule has 92 valence electrons. The normalized spacial score (nSPS) is 13.2. The molecule has 0 aromatic rings. The van der Waals surface area contributed by atoms with E-state index in [1.165, 1.54) is 6.92 Å². The summed E-state index contributed by atoms with van der Waals surface area (Å²) in [6, 6.07) is 0. The molecule has 0 aromatic carbocycles. The molecule has 0 rings (SSSR count). The molecule has 0 aliphatic heterocycles. The van der Waals surface area contributed by atoms with Gasteiger partial charge in [-0.3, -0.25) is 14.4 Å². The number of carboxylic acid groups (broad SMARTS) is 2. The van der Waals surface area contributed by atoms with Gasteiger partial charge in [-0.2, -0.15) is 0 Å². The number of carbonyl (C=O) groups is 3. The molecule has 0 heterocycles. The summed E-state index contributed by atoms with van der Waals surface area (Å²) in [7, 11) is 0. The molecule has 0 aliphatic rings. The number of aliphatic carboxylic acids is 2. The van der Waals surface area contributed by atoms with Crippen molar-refractivity contribution < 1.29 is 24.6 Å². The van der Waals surface area contributed by atoms with Gasteiger partial charge in [0.1, 0.15) is 0 Å². The number of carbonyl (C=O) groups excluding carboxylic acids is 1. The Morgan fingerprint density at radius 1 is 1.19 bits per heavy atom. The Balaban J connectivity index is 5.27. The van der Waals surface area contributed by atoms with Crippen LogP contribution in [0.3, 0.4) is 0 Å². The highest BCUT2D eigenvalue weighted by molar-refractivity contribution is 6.36. The van der Waals surface area contributed by atoms with E-state index in [1.807, 2.05) is 0 Å². The Morgan fingerprint density at radius 2 is 1.62 bits per heavy atom. The lowest BCUT2D eigenvalue weighted by molar-refractivity contribution is -0.168. The molecule has 2 N–H and O–H groups in total. The van der Waals surface area contributed by atoms with Crippen molar-refractivity contribution in [2.45, 2.75) is 38.5 Å². The number of hydrogen-bond donors (Lipinski definition) is 2. The van der Waals surface area contributed by atoms with Crippen molar-refractivity contribution in [2.75, 3.05) is 0 Å². The maximum Gasteiger partial charge on any atom is 0.328 e. The highest BCUT2D eigenvalue weighted by Gasteiger charge is 2.53. The highest BCUT2D eigenvalue weighted by atomic mass is 35.5. The second-order valence-corrected chi connectivity index (χ2v) is 4.02. The standard InChI is InChI=1S/C10H15ClO5/c1-3-5-6(11)7(12)10(4-2,8(13)14)9(15)16/h6H,3-5H2,1-2H3,(H,13,14)(H,15,16). The minimum Gasteiger partial charge on any atom is -0.480 e. The van der Waals surface area contributed by atoms with Gasteiger partial charge in [0.15, 0.2) is 5.78 Å². The van der Waals surface area contributed by atoms with Crippen LogP contribution in [0.25, 0.3) is 0 Å². The number of alkyl halides is 1. The van der Waals surface area contributed by atoms with E-state index in [2.05, 4.69) is 0 Å². The van der Waals surface area contributed by atoms with Crippen LogP contribution in [0.4, 0.5) is 0 Å². The van der Waals surface area contributed by atoms with Crippen LogP contribution in [0, 0.1) is 5.41 Å². The number of hydrogen-bond acceptors (Lipinski definition) is 3. The van der Waals surface area contributed by atoms with Gasteiger partial charge in [0.25, 0.3) is 0 Å². The SMILES string of the molecule is CCCC(Cl)C(=O)C(CC)(C(=O)O)C(=O)O. The van der Waals surface area contributed by atoms with E-state index in [1.54, 1.807) is 6.92 Å². The molecule has 0 fully saturated rings. The van der Waals surface area contributed by atoms with Crippen molar-refractivity contribution in [1.82, 2.24) is 0 Å². The van der Waals surface area contributed by atoms with Crippen molar-refractivity contribution in [2.24, 2.45) is 5.41 Å². The van der Waals surface area contributed by atoms with Gasteiger partial charge in [0.05, 0.1) is 5.38 Å². The van der Waals surface area contributed by atoms with Crippen molar-refractivity contribution in [3.8, 4) is 0 Å². The fourth-order valence-electron chi connectivity index (χ4n) is 1.43. The molecule has 0 radical (unpaired) electrons. The fourth-order valence-corrected chi connectivity index (χ4v) is 1.84. The predicted octanol–water partition coefficient (Wildman–Crippen LogP) is 1.53. The quantitative estimate of drug-likeness (QED) is 0.528. The zero-order chi connectivity index (χ0) is 12.9. The van der Waals surface area contributed by atoms with E-state index >= 15 is 0 Å². The molecule has 0 aliphatic carbocycles. The first-order chi connectivity index (χ1) is 7.34. The first-order valence-electron chi connectivity index (χ1n) is 4.99. The summed E-state index contributed by atoms with van der Waals surface area (Å²) in [6.45, 7) is 3.12. The minimum absolute atomic E-state index is 0.267. The van der Waals surface area contributed by atoms with Gasteiger partial charge in [0.2, 0.25) is 5.41 Å². The topological polar surface area (TPSA) is 91.7 Å². The molecule has 6 heteroatoms. The summed E-state index contributed by atoms with van der Waals surface area (Å²) in [6.07, 6.45) is 0.533. The van der Waals surface area contributed by atoms with Gasteiger partial charge in [-0.05, 0) is 12.8 Å². The molecular weight excluding hydrogens is 236 g/mol. The van der Waals surface area contributed by atoms with Crippen molar-refractivity contribution in [3.05, 3.63) is 0 Å². The molecule has 16 heavy (non-hydrogen) atoms. The smallest absolute Gasteiger partial charge is 0.328 e. The van der Waals surface area contributed by atoms with Crippen LogP contribution in [0.1, 0.15) is 33.1 Å². The first kappa shape index (κ1) is 14.9. The van der Waals surface area contributed by atoms with Crippen molar-refractivity contribution in [1.29, 1.82) is 0 Å². The summed E-state index contributed by atoms with van der Waals surface area (Å²) in [5.74, 6) is -4.26. The van der Waals surface area contributed by atoms with E-state index in [4.69, 9.17) is 21.8 Å². The number of Topliss-reactive ketones (excluding diaryl/α,β-unsaturated/α-hetero) is 1. The molecule has 0 bridgehead atoms. The maximum atomic E-state index is 11.8. The average molecular weight is 251 g/mol. The summed E-state index contributed by atoms with van der Waals surface area (Å²) in [5.41, 5.74) is -2.42. The molecular formula is C10H15ClO5. The van der Waals surface area contributed by atoms with Crippen LogP contribution >= 0.6 is 11.6 Å². The Kier molecular flexibility index (Phi) is 5.44. The van der Waals surface area contributed by atoms with Crippen LogP contribution in [0.5, 0.6) is 0 Å². The average Bonchev–Trinajstić information content (AvgIpc) is 2.18. The lowest BCUT2D eigenvalue weighted by Gasteiger charge is -2.23. The molecule has 0 spiro atoms. The highest BCUT2D eigenvalue weighted by Crippen LogP contribution is 2.29. The molecule has 1 unspecified atom stereocenters. The third kappa shape index (κ3) is 2.52. The van der Waals surface area contributed by atoms with E-state index in [-0.39, 0.29) is 12.8 Å². The zero-order valence-corrected chi connectivity index (χ0v) is 9.95. The van der Waals surface area contributed by atoms with Crippen LogP contribution in [-0.4, -0.2) is 33.3 Å². The summed E-state index contributed by atoms with van der Waals surface area (Å²) in [4.78, 5) is 33.7. The van der Waals surface area contributed by atoms with Gasteiger partial charge in [-0.15, -0.1) is 11.6 Å². The summed E-state index contributed by atoms with van der Waals surface area (Å²) in [5, 5.41) is 16.8. The minimum atomic E-state index is -2.42. The van der Waals surface area contributed by atoms with Crippen LogP contribution in [-0.2, 0) is 14.4 Å². The van der Waals surface area contributed by atoms with Crippen LogP contribution < -0.4 is 0 Å². The molecule has 0 amide bonds. The fraction of sp³-hybridized carbons (Fsp3) is 0.700. The Labute approximate surface area is 98.4 Å². The Morgan fingerprint density at radius 3 is 1.88 bits per heavy atom. The van der Waals surface area contributed by atoms with E-state index in [0.29, 0.717) is 6.42 Å². The third-order valence-corrected chi connectivity index (χ3v) is 2.92. The van der Waals surface area contributed by atoms with Gasteiger partial charge >= 0.3 is 11.9 Å². The predicted molar refractivity (Wildman–Crippen MR) is 57.6 cm³/mol. The molecule has 1 atom stereocenters. The lowest BCUT2D eigenvalue weighted by Crippen LogP contribution is -2.49. The molecule has 5 nitrogen and oxygen atoms in total. The Bertz CT molecular complexity index is 286. The second kappa shape index (κ2) is 5.84. The van der Waals surface area contributed by atoms with E-state index in [9.17, 15) is 14.4 Å². The molecule has 0 saturated heterocycles. The Hall–Kier alpha value is -1.10. The molecule has 0 aromatic heterocycles.